The zero-order valence-corrected chi connectivity index (χ0v) is 11.7. The second kappa shape index (κ2) is 5.16. The standard InChI is InChI=1S/C12H13BrFN3O/c1-6(2)8-3-7(4-9(13)11(8)14)12-16-10(5-15)18-17-12/h3-4,6H,5,15H2,1-2H3. The summed E-state index contributed by atoms with van der Waals surface area (Å²) in [5.41, 5.74) is 6.72. The molecular weight excluding hydrogens is 301 g/mol. The first-order valence-electron chi connectivity index (χ1n) is 5.55. The summed E-state index contributed by atoms with van der Waals surface area (Å²) >= 11 is 3.20. The number of rotatable bonds is 3. The van der Waals surface area contributed by atoms with Gasteiger partial charge in [0.25, 0.3) is 0 Å². The van der Waals surface area contributed by atoms with Gasteiger partial charge in [-0.1, -0.05) is 19.0 Å². The molecule has 0 bridgehead atoms. The normalized spacial score (nSPS) is 11.2. The van der Waals surface area contributed by atoms with E-state index in [4.69, 9.17) is 10.3 Å². The van der Waals surface area contributed by atoms with Gasteiger partial charge >= 0.3 is 0 Å². The van der Waals surface area contributed by atoms with Crippen molar-refractivity contribution in [3.63, 3.8) is 0 Å². The molecule has 1 aromatic heterocycles. The summed E-state index contributed by atoms with van der Waals surface area (Å²) < 4.78 is 19.2. The van der Waals surface area contributed by atoms with Crippen molar-refractivity contribution >= 4 is 15.9 Å². The predicted molar refractivity (Wildman–Crippen MR) is 69.4 cm³/mol. The molecule has 0 fully saturated rings. The Morgan fingerprint density at radius 1 is 1.44 bits per heavy atom. The van der Waals surface area contributed by atoms with Crippen molar-refractivity contribution in [1.29, 1.82) is 0 Å². The van der Waals surface area contributed by atoms with Crippen molar-refractivity contribution in [3.05, 3.63) is 33.9 Å². The fraction of sp³-hybridized carbons (Fsp3) is 0.333. The van der Waals surface area contributed by atoms with Gasteiger partial charge in [-0.15, -0.1) is 0 Å². The summed E-state index contributed by atoms with van der Waals surface area (Å²) in [6, 6.07) is 3.36. The Balaban J connectivity index is 2.51. The molecule has 1 aromatic carbocycles. The minimum absolute atomic E-state index is 0.0714. The van der Waals surface area contributed by atoms with Crippen LogP contribution in [0, 0.1) is 5.82 Å². The van der Waals surface area contributed by atoms with Crippen molar-refractivity contribution in [2.24, 2.45) is 5.73 Å². The summed E-state index contributed by atoms with van der Waals surface area (Å²) in [6.07, 6.45) is 0. The lowest BCUT2D eigenvalue weighted by Crippen LogP contribution is -1.97. The molecule has 0 radical (unpaired) electrons. The quantitative estimate of drug-likeness (QED) is 0.945. The lowest BCUT2D eigenvalue weighted by molar-refractivity contribution is 0.380. The number of nitrogens with two attached hydrogens (primary N) is 1. The molecule has 0 amide bonds. The van der Waals surface area contributed by atoms with Gasteiger partial charge in [0.05, 0.1) is 11.0 Å². The number of halogens is 2. The second-order valence-corrected chi connectivity index (χ2v) is 5.09. The van der Waals surface area contributed by atoms with Crippen LogP contribution in [0.2, 0.25) is 0 Å². The molecule has 2 N–H and O–H groups in total. The topological polar surface area (TPSA) is 64.9 Å². The molecule has 18 heavy (non-hydrogen) atoms. The molecule has 0 unspecified atom stereocenters. The number of benzene rings is 1. The molecule has 0 atom stereocenters. The fourth-order valence-corrected chi connectivity index (χ4v) is 2.09. The maximum Gasteiger partial charge on any atom is 0.240 e. The summed E-state index contributed by atoms with van der Waals surface area (Å²) in [5.74, 6) is 0.591. The summed E-state index contributed by atoms with van der Waals surface area (Å²) in [5, 5.41) is 3.82. The Morgan fingerprint density at radius 3 is 2.72 bits per heavy atom. The van der Waals surface area contributed by atoms with Crippen LogP contribution < -0.4 is 5.73 Å². The third kappa shape index (κ3) is 2.44. The first kappa shape index (κ1) is 13.2. The van der Waals surface area contributed by atoms with Gasteiger partial charge in [0.2, 0.25) is 11.7 Å². The number of hydrogen-bond donors (Lipinski definition) is 1. The van der Waals surface area contributed by atoms with Gasteiger partial charge in [0.1, 0.15) is 5.82 Å². The molecule has 0 saturated carbocycles. The fourth-order valence-electron chi connectivity index (χ4n) is 1.61. The molecule has 2 aromatic rings. The molecule has 1 heterocycles. The monoisotopic (exact) mass is 313 g/mol. The van der Waals surface area contributed by atoms with Crippen LogP contribution in [0.4, 0.5) is 4.39 Å². The summed E-state index contributed by atoms with van der Waals surface area (Å²) in [4.78, 5) is 4.12. The van der Waals surface area contributed by atoms with Gasteiger partial charge in [-0.05, 0) is 39.5 Å². The first-order valence-corrected chi connectivity index (χ1v) is 6.34. The Bertz CT molecular complexity index is 568. The Morgan fingerprint density at radius 2 is 2.17 bits per heavy atom. The minimum Gasteiger partial charge on any atom is -0.338 e. The third-order valence-electron chi connectivity index (χ3n) is 2.58. The largest absolute Gasteiger partial charge is 0.338 e. The predicted octanol–water partition coefficient (Wildman–Crippen LogP) is 3.22. The lowest BCUT2D eigenvalue weighted by atomic mass is 10.00. The van der Waals surface area contributed by atoms with E-state index in [0.717, 1.165) is 0 Å². The smallest absolute Gasteiger partial charge is 0.240 e. The van der Waals surface area contributed by atoms with E-state index in [2.05, 4.69) is 26.1 Å². The molecular formula is C12H13BrFN3O. The highest BCUT2D eigenvalue weighted by molar-refractivity contribution is 9.10. The highest BCUT2D eigenvalue weighted by atomic mass is 79.9. The molecule has 0 spiro atoms. The van der Waals surface area contributed by atoms with Gasteiger partial charge < -0.3 is 10.3 Å². The highest BCUT2D eigenvalue weighted by Crippen LogP contribution is 2.30. The van der Waals surface area contributed by atoms with Gasteiger partial charge in [0.15, 0.2) is 0 Å². The van der Waals surface area contributed by atoms with E-state index in [1.54, 1.807) is 12.1 Å². The molecule has 6 heteroatoms. The van der Waals surface area contributed by atoms with E-state index in [1.165, 1.54) is 0 Å². The lowest BCUT2D eigenvalue weighted by Gasteiger charge is -2.09. The van der Waals surface area contributed by atoms with E-state index >= 15 is 0 Å². The van der Waals surface area contributed by atoms with Crippen LogP contribution in [-0.2, 0) is 6.54 Å². The molecule has 0 saturated heterocycles. The Hall–Kier alpha value is -1.27. The zero-order chi connectivity index (χ0) is 13.3. The van der Waals surface area contributed by atoms with Crippen molar-refractivity contribution in [2.75, 3.05) is 0 Å². The van der Waals surface area contributed by atoms with Crippen molar-refractivity contribution in [1.82, 2.24) is 10.1 Å². The number of hydrogen-bond acceptors (Lipinski definition) is 4. The van der Waals surface area contributed by atoms with E-state index < -0.39 is 0 Å². The molecule has 0 aliphatic carbocycles. The summed E-state index contributed by atoms with van der Waals surface area (Å²) in [7, 11) is 0. The van der Waals surface area contributed by atoms with Crippen LogP contribution in [0.5, 0.6) is 0 Å². The van der Waals surface area contributed by atoms with E-state index in [-0.39, 0.29) is 18.3 Å². The van der Waals surface area contributed by atoms with Gasteiger partial charge in [-0.3, -0.25) is 0 Å². The van der Waals surface area contributed by atoms with Crippen molar-refractivity contribution in [3.8, 4) is 11.4 Å². The van der Waals surface area contributed by atoms with Gasteiger partial charge in [-0.2, -0.15) is 4.98 Å². The Labute approximate surface area is 113 Å². The average Bonchev–Trinajstić information content (AvgIpc) is 2.80. The van der Waals surface area contributed by atoms with E-state index in [0.29, 0.717) is 27.3 Å². The van der Waals surface area contributed by atoms with E-state index in [9.17, 15) is 4.39 Å². The minimum atomic E-state index is -0.253. The molecule has 96 valence electrons. The highest BCUT2D eigenvalue weighted by Gasteiger charge is 2.15. The first-order chi connectivity index (χ1) is 8.52. The maximum absolute atomic E-state index is 13.9. The number of aromatic nitrogens is 2. The third-order valence-corrected chi connectivity index (χ3v) is 3.16. The average molecular weight is 314 g/mol. The maximum atomic E-state index is 13.9. The second-order valence-electron chi connectivity index (χ2n) is 4.23. The van der Waals surface area contributed by atoms with Crippen LogP contribution >= 0.6 is 15.9 Å². The van der Waals surface area contributed by atoms with Crippen LogP contribution in [0.3, 0.4) is 0 Å². The van der Waals surface area contributed by atoms with Crippen molar-refractivity contribution in [2.45, 2.75) is 26.3 Å². The van der Waals surface area contributed by atoms with Gasteiger partial charge in [-0.25, -0.2) is 4.39 Å². The van der Waals surface area contributed by atoms with Gasteiger partial charge in [0, 0.05) is 5.56 Å². The van der Waals surface area contributed by atoms with E-state index in [1.807, 2.05) is 13.8 Å². The summed E-state index contributed by atoms with van der Waals surface area (Å²) in [6.45, 7) is 4.04. The van der Waals surface area contributed by atoms with Crippen LogP contribution in [0.1, 0.15) is 31.2 Å². The Kier molecular flexibility index (Phi) is 3.77. The molecule has 2 rings (SSSR count). The van der Waals surface area contributed by atoms with Crippen LogP contribution in [0.15, 0.2) is 21.1 Å². The van der Waals surface area contributed by atoms with Crippen LogP contribution in [-0.4, -0.2) is 10.1 Å². The zero-order valence-electron chi connectivity index (χ0n) is 10.1. The number of nitrogens with zero attached hydrogens (tertiary/aromatic N) is 2. The van der Waals surface area contributed by atoms with Crippen molar-refractivity contribution < 1.29 is 8.91 Å². The van der Waals surface area contributed by atoms with Crippen LogP contribution in [0.25, 0.3) is 11.4 Å². The SMILES string of the molecule is CC(C)c1cc(-c2noc(CN)n2)cc(Br)c1F. The molecule has 4 nitrogen and oxygen atoms in total. The molecule has 0 aliphatic rings. The molecule has 0 aliphatic heterocycles.